The number of nitrogens with zero attached hydrogens (tertiary/aromatic N) is 3. The Kier molecular flexibility index (Phi) is 5.48. The van der Waals surface area contributed by atoms with E-state index in [2.05, 4.69) is 4.90 Å². The quantitative estimate of drug-likeness (QED) is 0.792. The smallest absolute Gasteiger partial charge is 0.236 e. The van der Waals surface area contributed by atoms with Crippen LogP contribution in [0.1, 0.15) is 51.4 Å². The number of hydrogen-bond acceptors (Lipinski definition) is 3. The van der Waals surface area contributed by atoms with Crippen LogP contribution < -0.4 is 0 Å². The molecule has 3 fully saturated rings. The monoisotopic (exact) mass is 335 g/mol. The van der Waals surface area contributed by atoms with Crippen LogP contribution in [0.15, 0.2) is 0 Å². The van der Waals surface area contributed by atoms with E-state index >= 15 is 0 Å². The van der Waals surface area contributed by atoms with Crippen molar-refractivity contribution in [1.82, 2.24) is 14.7 Å². The summed E-state index contributed by atoms with van der Waals surface area (Å²) < 4.78 is 0. The normalized spacial score (nSPS) is 27.4. The summed E-state index contributed by atoms with van der Waals surface area (Å²) in [5.74, 6) is 0.447. The zero-order chi connectivity index (χ0) is 17.2. The molecule has 0 aromatic heterocycles. The van der Waals surface area contributed by atoms with E-state index in [9.17, 15) is 9.59 Å². The molecule has 1 atom stereocenters. The zero-order valence-corrected chi connectivity index (χ0v) is 15.4. The molecule has 1 spiro atoms. The van der Waals surface area contributed by atoms with Crippen LogP contribution in [0.25, 0.3) is 0 Å². The van der Waals surface area contributed by atoms with E-state index in [1.54, 1.807) is 4.90 Å². The van der Waals surface area contributed by atoms with E-state index in [1.807, 2.05) is 19.0 Å². The van der Waals surface area contributed by atoms with Gasteiger partial charge in [-0.05, 0) is 38.8 Å². The van der Waals surface area contributed by atoms with Crippen LogP contribution in [-0.4, -0.2) is 73.3 Å². The highest BCUT2D eigenvalue weighted by molar-refractivity contribution is 5.83. The highest BCUT2D eigenvalue weighted by Gasteiger charge is 2.52. The fourth-order valence-corrected chi connectivity index (χ4v) is 4.98. The Morgan fingerprint density at radius 2 is 1.62 bits per heavy atom. The minimum atomic E-state index is 0.00286. The Bertz CT molecular complexity index is 463. The van der Waals surface area contributed by atoms with E-state index in [-0.39, 0.29) is 23.1 Å². The van der Waals surface area contributed by atoms with Gasteiger partial charge in [0.1, 0.15) is 0 Å². The van der Waals surface area contributed by atoms with E-state index in [0.29, 0.717) is 13.1 Å². The largest absolute Gasteiger partial charge is 0.349 e. The maximum atomic E-state index is 12.9. The Labute approximate surface area is 146 Å². The lowest BCUT2D eigenvalue weighted by molar-refractivity contribution is -0.135. The lowest BCUT2D eigenvalue weighted by Gasteiger charge is -2.30. The Balaban J connectivity index is 1.66. The Hall–Kier alpha value is -1.10. The molecule has 24 heavy (non-hydrogen) atoms. The van der Waals surface area contributed by atoms with Gasteiger partial charge in [0.05, 0.1) is 12.5 Å². The van der Waals surface area contributed by atoms with Crippen molar-refractivity contribution in [2.75, 3.05) is 46.8 Å². The van der Waals surface area contributed by atoms with Gasteiger partial charge in [-0.25, -0.2) is 0 Å². The van der Waals surface area contributed by atoms with Crippen LogP contribution in [0.3, 0.4) is 0 Å². The second-order valence-corrected chi connectivity index (χ2v) is 8.32. The number of hydrogen-bond donors (Lipinski definition) is 0. The van der Waals surface area contributed by atoms with Crippen molar-refractivity contribution in [3.63, 3.8) is 0 Å². The first-order valence-corrected chi connectivity index (χ1v) is 9.73. The average molecular weight is 335 g/mol. The highest BCUT2D eigenvalue weighted by atomic mass is 16.2. The van der Waals surface area contributed by atoms with Crippen molar-refractivity contribution < 1.29 is 9.59 Å². The SMILES string of the molecule is CN(C)C(=O)C1CN(C(=O)CN2CCCCCC2)CC12CCCC2. The predicted molar refractivity (Wildman–Crippen MR) is 94.6 cm³/mol. The third kappa shape index (κ3) is 3.61. The number of likely N-dealkylation sites (tertiary alicyclic amines) is 2. The second-order valence-electron chi connectivity index (χ2n) is 8.32. The molecule has 2 aliphatic heterocycles. The van der Waals surface area contributed by atoms with Gasteiger partial charge in [-0.2, -0.15) is 0 Å². The first-order chi connectivity index (χ1) is 11.5. The topological polar surface area (TPSA) is 43.9 Å². The van der Waals surface area contributed by atoms with Gasteiger partial charge in [-0.1, -0.05) is 25.7 Å². The second kappa shape index (κ2) is 7.42. The van der Waals surface area contributed by atoms with Gasteiger partial charge >= 0.3 is 0 Å². The van der Waals surface area contributed by atoms with Crippen molar-refractivity contribution in [2.24, 2.45) is 11.3 Å². The van der Waals surface area contributed by atoms with Crippen LogP contribution in [0, 0.1) is 11.3 Å². The number of carbonyl (C=O) groups is 2. The van der Waals surface area contributed by atoms with Gasteiger partial charge < -0.3 is 9.80 Å². The molecule has 1 saturated carbocycles. The van der Waals surface area contributed by atoms with Crippen LogP contribution >= 0.6 is 0 Å². The fraction of sp³-hybridized carbons (Fsp3) is 0.895. The molecule has 0 bridgehead atoms. The van der Waals surface area contributed by atoms with Gasteiger partial charge in [0.15, 0.2) is 0 Å². The van der Waals surface area contributed by atoms with Crippen LogP contribution in [0.4, 0.5) is 0 Å². The lowest BCUT2D eigenvalue weighted by atomic mass is 9.76. The Morgan fingerprint density at radius 3 is 2.21 bits per heavy atom. The average Bonchev–Trinajstić information content (AvgIpc) is 3.09. The summed E-state index contributed by atoms with van der Waals surface area (Å²) in [5, 5.41) is 0. The summed E-state index contributed by atoms with van der Waals surface area (Å²) in [4.78, 5) is 31.6. The first kappa shape index (κ1) is 17.7. The van der Waals surface area contributed by atoms with Gasteiger partial charge in [0.2, 0.25) is 11.8 Å². The summed E-state index contributed by atoms with van der Waals surface area (Å²) in [6.45, 7) is 4.06. The molecule has 136 valence electrons. The summed E-state index contributed by atoms with van der Waals surface area (Å²) in [6.07, 6.45) is 9.60. The van der Waals surface area contributed by atoms with Crippen LogP contribution in [0.5, 0.6) is 0 Å². The summed E-state index contributed by atoms with van der Waals surface area (Å²) in [7, 11) is 3.68. The molecule has 1 unspecified atom stereocenters. The third-order valence-electron chi connectivity index (χ3n) is 6.40. The van der Waals surface area contributed by atoms with Gasteiger partial charge in [-0.3, -0.25) is 14.5 Å². The number of rotatable bonds is 3. The molecular weight excluding hydrogens is 302 g/mol. The van der Waals surface area contributed by atoms with Gasteiger partial charge in [0, 0.05) is 32.6 Å². The summed E-state index contributed by atoms with van der Waals surface area (Å²) >= 11 is 0. The molecule has 1 aliphatic carbocycles. The molecule has 2 heterocycles. The molecule has 2 amide bonds. The molecular formula is C19H33N3O2. The van der Waals surface area contributed by atoms with Crippen molar-refractivity contribution in [2.45, 2.75) is 51.4 Å². The molecule has 3 aliphatic rings. The fourth-order valence-electron chi connectivity index (χ4n) is 4.98. The number of amides is 2. The standard InChI is InChI=1S/C19H33N3O2/c1-20(2)18(24)16-13-22(15-19(16)9-5-6-10-19)17(23)14-21-11-7-3-4-8-12-21/h16H,3-15H2,1-2H3. The van der Waals surface area contributed by atoms with E-state index < -0.39 is 0 Å². The minimum Gasteiger partial charge on any atom is -0.349 e. The van der Waals surface area contributed by atoms with Crippen molar-refractivity contribution >= 4 is 11.8 Å². The lowest BCUT2D eigenvalue weighted by Crippen LogP contribution is -2.40. The molecule has 0 radical (unpaired) electrons. The minimum absolute atomic E-state index is 0.00286. The molecule has 3 rings (SSSR count). The molecule has 5 nitrogen and oxygen atoms in total. The Morgan fingerprint density at radius 1 is 1.00 bits per heavy atom. The molecule has 0 aromatic rings. The molecule has 0 aromatic carbocycles. The van der Waals surface area contributed by atoms with Crippen molar-refractivity contribution in [3.05, 3.63) is 0 Å². The summed E-state index contributed by atoms with van der Waals surface area (Å²) in [5.41, 5.74) is 0.0514. The van der Waals surface area contributed by atoms with E-state index in [0.717, 1.165) is 32.5 Å². The molecule has 2 saturated heterocycles. The van der Waals surface area contributed by atoms with E-state index in [4.69, 9.17) is 0 Å². The predicted octanol–water partition coefficient (Wildman–Crippen LogP) is 1.97. The molecule has 0 N–H and O–H groups in total. The van der Waals surface area contributed by atoms with Crippen molar-refractivity contribution in [3.8, 4) is 0 Å². The maximum Gasteiger partial charge on any atom is 0.236 e. The third-order valence-corrected chi connectivity index (χ3v) is 6.40. The zero-order valence-electron chi connectivity index (χ0n) is 15.4. The summed E-state index contributed by atoms with van der Waals surface area (Å²) in [6, 6.07) is 0. The van der Waals surface area contributed by atoms with Crippen LogP contribution in [0.2, 0.25) is 0 Å². The van der Waals surface area contributed by atoms with E-state index in [1.165, 1.54) is 38.5 Å². The van der Waals surface area contributed by atoms with Crippen molar-refractivity contribution in [1.29, 1.82) is 0 Å². The van der Waals surface area contributed by atoms with Gasteiger partial charge in [0.25, 0.3) is 0 Å². The molecule has 5 heteroatoms. The maximum absolute atomic E-state index is 12.9. The number of carbonyl (C=O) groups excluding carboxylic acids is 2. The first-order valence-electron chi connectivity index (χ1n) is 9.73. The van der Waals surface area contributed by atoms with Crippen LogP contribution in [-0.2, 0) is 9.59 Å². The highest BCUT2D eigenvalue weighted by Crippen LogP contribution is 2.49. The van der Waals surface area contributed by atoms with Gasteiger partial charge in [-0.15, -0.1) is 0 Å².